The molecule has 1 heterocycles. The number of nitrogens with zero attached hydrogens (tertiary/aromatic N) is 2. The summed E-state index contributed by atoms with van der Waals surface area (Å²) in [5, 5.41) is 12.8. The molecule has 124 valence electrons. The summed E-state index contributed by atoms with van der Waals surface area (Å²) in [6.07, 6.45) is 1.15. The first-order valence-electron chi connectivity index (χ1n) is 7.13. The molecule has 0 aromatic heterocycles. The summed E-state index contributed by atoms with van der Waals surface area (Å²) in [5.74, 6) is -1.13. The molecule has 1 aliphatic rings. The maximum Gasteiger partial charge on any atom is 2.00 e. The van der Waals surface area contributed by atoms with E-state index in [1.165, 1.54) is 18.2 Å². The molecule has 0 unspecified atom stereocenters. The van der Waals surface area contributed by atoms with Crippen molar-refractivity contribution in [2.75, 3.05) is 0 Å². The van der Waals surface area contributed by atoms with E-state index < -0.39 is 11.7 Å². The topological polar surface area (TPSA) is 82.9 Å². The summed E-state index contributed by atoms with van der Waals surface area (Å²) in [7, 11) is 0. The van der Waals surface area contributed by atoms with Crippen molar-refractivity contribution in [2.24, 2.45) is 10.2 Å². The number of benzene rings is 1. The molecule has 0 bridgehead atoms. The maximum absolute atomic E-state index is 13.1. The van der Waals surface area contributed by atoms with Crippen molar-refractivity contribution < 1.29 is 45.1 Å². The minimum atomic E-state index is -0.506. The molecule has 2 rings (SSSR count). The minimum Gasteiger partial charge on any atom is -0.353 e. The van der Waals surface area contributed by atoms with E-state index in [1.54, 1.807) is 0 Å². The number of nitrogens with one attached hydrogen (secondary N) is 2. The normalized spacial score (nSPS) is 13.0. The van der Waals surface area contributed by atoms with Crippen molar-refractivity contribution >= 4 is 23.4 Å². The predicted octanol–water partition coefficient (Wildman–Crippen LogP) is 1.65. The van der Waals surface area contributed by atoms with Gasteiger partial charge in [-0.05, 0) is 24.2 Å². The SMILES string of the molecule is [CH2-]CC(C[CH2-])NC(=O)C1=NN=C(NC(=O)c2cccc(F)c2)C1.[U+2]. The van der Waals surface area contributed by atoms with E-state index in [0.717, 1.165) is 6.07 Å². The van der Waals surface area contributed by atoms with Gasteiger partial charge < -0.3 is 24.5 Å². The molecule has 6 nitrogen and oxygen atoms in total. The van der Waals surface area contributed by atoms with Crippen LogP contribution in [0.1, 0.15) is 29.6 Å². The van der Waals surface area contributed by atoms with Crippen molar-refractivity contribution in [3.63, 3.8) is 0 Å². The second kappa shape index (κ2) is 9.70. The number of hydrogen-bond acceptors (Lipinski definition) is 4. The number of carbonyl (C=O) groups is 2. The summed E-state index contributed by atoms with van der Waals surface area (Å²) in [6, 6.07) is 5.16. The summed E-state index contributed by atoms with van der Waals surface area (Å²) in [5.41, 5.74) is 0.367. The zero-order chi connectivity index (χ0) is 16.8. The van der Waals surface area contributed by atoms with Gasteiger partial charge in [-0.3, -0.25) is 9.59 Å². The predicted molar refractivity (Wildman–Crippen MR) is 85.2 cm³/mol. The van der Waals surface area contributed by atoms with Crippen molar-refractivity contribution in [1.82, 2.24) is 10.6 Å². The Morgan fingerprint density at radius 3 is 2.54 bits per heavy atom. The van der Waals surface area contributed by atoms with Crippen molar-refractivity contribution in [3.8, 4) is 0 Å². The van der Waals surface area contributed by atoms with Crippen LogP contribution in [0, 0.1) is 50.8 Å². The summed E-state index contributed by atoms with van der Waals surface area (Å²) in [6.45, 7) is 7.44. The molecular formula is C16H17FN4O2U. The van der Waals surface area contributed by atoms with Gasteiger partial charge in [0.25, 0.3) is 11.8 Å². The second-order valence-corrected chi connectivity index (χ2v) is 4.98. The second-order valence-electron chi connectivity index (χ2n) is 4.98. The van der Waals surface area contributed by atoms with Gasteiger partial charge in [0.1, 0.15) is 17.4 Å². The van der Waals surface area contributed by atoms with Gasteiger partial charge in [0, 0.05) is 5.56 Å². The van der Waals surface area contributed by atoms with Gasteiger partial charge in [0.2, 0.25) is 0 Å². The van der Waals surface area contributed by atoms with Gasteiger partial charge in [0.05, 0.1) is 6.42 Å². The number of halogens is 1. The fourth-order valence-electron chi connectivity index (χ4n) is 1.94. The maximum atomic E-state index is 13.1. The summed E-state index contributed by atoms with van der Waals surface area (Å²) < 4.78 is 13.1. The Morgan fingerprint density at radius 1 is 1.21 bits per heavy atom. The number of carbonyl (C=O) groups excluding carboxylic acids is 2. The Bertz CT molecular complexity index is 672. The molecule has 24 heavy (non-hydrogen) atoms. The number of amidine groups is 1. The average Bonchev–Trinajstić information content (AvgIpc) is 3.01. The van der Waals surface area contributed by atoms with E-state index in [2.05, 4.69) is 34.7 Å². The molecule has 2 amide bonds. The van der Waals surface area contributed by atoms with E-state index >= 15 is 0 Å². The molecule has 0 fully saturated rings. The smallest absolute Gasteiger partial charge is 0.353 e. The van der Waals surface area contributed by atoms with Crippen molar-refractivity contribution in [1.29, 1.82) is 0 Å². The Balaban J connectivity index is 0.00000288. The third-order valence-electron chi connectivity index (χ3n) is 3.27. The molecular weight excluding hydrogens is 537 g/mol. The third-order valence-corrected chi connectivity index (χ3v) is 3.27. The van der Waals surface area contributed by atoms with Gasteiger partial charge in [-0.2, -0.15) is 12.8 Å². The molecule has 1 aromatic rings. The molecule has 0 spiro atoms. The fraction of sp³-hybridized carbons (Fsp3) is 0.250. The Morgan fingerprint density at radius 2 is 1.92 bits per heavy atom. The van der Waals surface area contributed by atoms with Crippen LogP contribution in [-0.2, 0) is 4.79 Å². The molecule has 1 aliphatic heterocycles. The Labute approximate surface area is 163 Å². The van der Waals surface area contributed by atoms with Crippen molar-refractivity contribution in [3.05, 3.63) is 49.5 Å². The van der Waals surface area contributed by atoms with Crippen LogP contribution in [0.25, 0.3) is 0 Å². The molecule has 2 N–H and O–H groups in total. The van der Waals surface area contributed by atoms with E-state index in [1.807, 2.05) is 0 Å². The third kappa shape index (κ3) is 5.53. The van der Waals surface area contributed by atoms with E-state index in [0.29, 0.717) is 12.8 Å². The summed E-state index contributed by atoms with van der Waals surface area (Å²) in [4.78, 5) is 24.0. The number of amides is 2. The first-order chi connectivity index (χ1) is 11.0. The largest absolute Gasteiger partial charge is 2.00 e. The van der Waals surface area contributed by atoms with Crippen LogP contribution in [0.5, 0.6) is 0 Å². The van der Waals surface area contributed by atoms with E-state index in [-0.39, 0.29) is 66.6 Å². The van der Waals surface area contributed by atoms with Gasteiger partial charge in [0.15, 0.2) is 0 Å². The molecule has 8 heteroatoms. The van der Waals surface area contributed by atoms with Crippen LogP contribution >= 0.6 is 0 Å². The Hall–Kier alpha value is -1.52. The standard InChI is InChI=1S/C16H17FN4O2.U/c1-3-12(4-2)18-16(23)13-9-14(21-20-13)19-15(22)10-6-5-7-11(17)8-10;/h5-8,12H,1-4,9H2,(H,18,23)(H,19,21,22);/q-2;+2. The first kappa shape index (κ1) is 20.5. The van der Waals surface area contributed by atoms with Crippen LogP contribution in [-0.4, -0.2) is 29.4 Å². The fourth-order valence-corrected chi connectivity index (χ4v) is 1.94. The average molecular weight is 554 g/mol. The zero-order valence-electron chi connectivity index (χ0n) is 13.0. The number of rotatable bonds is 5. The van der Waals surface area contributed by atoms with Crippen LogP contribution < -0.4 is 10.6 Å². The van der Waals surface area contributed by atoms with Crippen molar-refractivity contribution in [2.45, 2.75) is 25.3 Å². The monoisotopic (exact) mass is 554 g/mol. The van der Waals surface area contributed by atoms with E-state index in [9.17, 15) is 14.0 Å². The Kier molecular flexibility index (Phi) is 8.30. The van der Waals surface area contributed by atoms with Gasteiger partial charge in [-0.1, -0.05) is 6.07 Å². The van der Waals surface area contributed by atoms with Crippen LogP contribution in [0.4, 0.5) is 4.39 Å². The molecule has 0 radical (unpaired) electrons. The molecule has 1 aromatic carbocycles. The van der Waals surface area contributed by atoms with Gasteiger partial charge in [-0.25, -0.2) is 4.39 Å². The molecule has 0 atom stereocenters. The first-order valence-corrected chi connectivity index (χ1v) is 7.13. The molecule has 0 saturated carbocycles. The number of hydrogen-bond donors (Lipinski definition) is 2. The van der Waals surface area contributed by atoms with Crippen LogP contribution in [0.3, 0.4) is 0 Å². The van der Waals surface area contributed by atoms with Gasteiger partial charge >= 0.3 is 31.1 Å². The van der Waals surface area contributed by atoms with E-state index in [4.69, 9.17) is 0 Å². The minimum absolute atomic E-state index is 0. The molecule has 0 aliphatic carbocycles. The van der Waals surface area contributed by atoms with Crippen LogP contribution in [0.15, 0.2) is 34.5 Å². The van der Waals surface area contributed by atoms with Crippen LogP contribution in [0.2, 0.25) is 0 Å². The molecule has 0 saturated heterocycles. The quantitative estimate of drug-likeness (QED) is 0.543. The zero-order valence-corrected chi connectivity index (χ0v) is 17.2. The summed E-state index contributed by atoms with van der Waals surface area (Å²) >= 11 is 0. The van der Waals surface area contributed by atoms with Gasteiger partial charge in [-0.15, -0.1) is 10.2 Å².